The summed E-state index contributed by atoms with van der Waals surface area (Å²) in [5.74, 6) is 6.18. The van der Waals surface area contributed by atoms with Crippen molar-refractivity contribution in [2.24, 2.45) is 18.8 Å². The number of nitrogens with one attached hydrogen (secondary N) is 1. The Hall–Kier alpha value is -0.910. The first-order valence-corrected chi connectivity index (χ1v) is 5.76. The molecule has 0 amide bonds. The molecule has 5 heteroatoms. The molecule has 0 saturated carbocycles. The third-order valence-corrected chi connectivity index (χ3v) is 3.27. The highest BCUT2D eigenvalue weighted by Gasteiger charge is 2.31. The first-order valence-electron chi connectivity index (χ1n) is 5.76. The molecule has 16 heavy (non-hydrogen) atoms. The number of nitrogens with two attached hydrogens (primary N) is 1. The fourth-order valence-corrected chi connectivity index (χ4v) is 2.33. The summed E-state index contributed by atoms with van der Waals surface area (Å²) in [5, 5.41) is 4.16. The van der Waals surface area contributed by atoms with Gasteiger partial charge in [0.2, 0.25) is 0 Å². The Labute approximate surface area is 95.9 Å². The molecule has 0 spiro atoms. The Morgan fingerprint density at radius 1 is 1.75 bits per heavy atom. The van der Waals surface area contributed by atoms with Crippen LogP contribution in [0.1, 0.15) is 18.9 Å². The smallest absolute Gasteiger partial charge is 0.0771 e. The molecule has 90 valence electrons. The number of aryl methyl sites for hydroxylation is 1. The minimum atomic E-state index is 0.168. The maximum Gasteiger partial charge on any atom is 0.0771 e. The molecular formula is C11H20N4O. The number of aromatic nitrogens is 2. The van der Waals surface area contributed by atoms with Crippen molar-refractivity contribution in [3.8, 4) is 0 Å². The molecule has 1 fully saturated rings. The molecule has 3 unspecified atom stereocenters. The zero-order chi connectivity index (χ0) is 11.5. The van der Waals surface area contributed by atoms with Crippen LogP contribution in [-0.2, 0) is 18.2 Å². The molecule has 1 aliphatic heterocycles. The highest BCUT2D eigenvalue weighted by Crippen LogP contribution is 2.24. The van der Waals surface area contributed by atoms with E-state index in [-0.39, 0.29) is 12.1 Å². The number of rotatable bonds is 4. The summed E-state index contributed by atoms with van der Waals surface area (Å²) >= 11 is 0. The molecule has 1 aromatic heterocycles. The van der Waals surface area contributed by atoms with Crippen LogP contribution in [0.15, 0.2) is 12.4 Å². The van der Waals surface area contributed by atoms with Crippen LogP contribution in [-0.4, -0.2) is 28.5 Å². The van der Waals surface area contributed by atoms with Crippen LogP contribution in [0.3, 0.4) is 0 Å². The summed E-state index contributed by atoms with van der Waals surface area (Å²) in [7, 11) is 1.92. The maximum atomic E-state index is 5.73. The van der Waals surface area contributed by atoms with E-state index in [9.17, 15) is 0 Å². The van der Waals surface area contributed by atoms with Crippen molar-refractivity contribution in [1.82, 2.24) is 15.2 Å². The minimum Gasteiger partial charge on any atom is -0.376 e. The molecule has 0 radical (unpaired) electrons. The third kappa shape index (κ3) is 2.42. The van der Waals surface area contributed by atoms with Crippen LogP contribution >= 0.6 is 0 Å². The van der Waals surface area contributed by atoms with Crippen LogP contribution in [0, 0.1) is 5.92 Å². The van der Waals surface area contributed by atoms with Gasteiger partial charge in [0, 0.05) is 19.9 Å². The van der Waals surface area contributed by atoms with E-state index in [2.05, 4.69) is 17.4 Å². The lowest BCUT2D eigenvalue weighted by molar-refractivity contribution is 0.0610. The van der Waals surface area contributed by atoms with Crippen molar-refractivity contribution in [3.05, 3.63) is 18.0 Å². The second-order valence-corrected chi connectivity index (χ2v) is 4.60. The average Bonchev–Trinajstić information content (AvgIpc) is 2.84. The van der Waals surface area contributed by atoms with Gasteiger partial charge in [-0.1, -0.05) is 6.92 Å². The number of hydrogen-bond acceptors (Lipinski definition) is 4. The Morgan fingerprint density at radius 2 is 2.56 bits per heavy atom. The Bertz CT molecular complexity index is 338. The molecular weight excluding hydrogens is 204 g/mol. The predicted molar refractivity (Wildman–Crippen MR) is 61.5 cm³/mol. The summed E-state index contributed by atoms with van der Waals surface area (Å²) < 4.78 is 7.53. The van der Waals surface area contributed by atoms with Crippen LogP contribution in [0.5, 0.6) is 0 Å². The Kier molecular flexibility index (Phi) is 3.58. The number of hydrogen-bond donors (Lipinski definition) is 2. The van der Waals surface area contributed by atoms with Crippen molar-refractivity contribution in [2.75, 3.05) is 6.61 Å². The Balaban J connectivity index is 2.00. The SMILES string of the molecule is CC1CCOC1C(Cc1cnn(C)c1)NN. The molecule has 2 heterocycles. The summed E-state index contributed by atoms with van der Waals surface area (Å²) in [5.41, 5.74) is 4.06. The van der Waals surface area contributed by atoms with E-state index in [1.165, 1.54) is 5.56 Å². The highest BCUT2D eigenvalue weighted by molar-refractivity contribution is 5.07. The molecule has 1 aliphatic rings. The fourth-order valence-electron chi connectivity index (χ4n) is 2.33. The van der Waals surface area contributed by atoms with Crippen molar-refractivity contribution in [2.45, 2.75) is 31.9 Å². The normalized spacial score (nSPS) is 27.2. The van der Waals surface area contributed by atoms with Gasteiger partial charge in [-0.2, -0.15) is 5.10 Å². The molecule has 5 nitrogen and oxygen atoms in total. The minimum absolute atomic E-state index is 0.168. The predicted octanol–water partition coefficient (Wildman–Crippen LogP) is 0.220. The van der Waals surface area contributed by atoms with Gasteiger partial charge in [-0.25, -0.2) is 0 Å². The first-order chi connectivity index (χ1) is 7.70. The quantitative estimate of drug-likeness (QED) is 0.567. The highest BCUT2D eigenvalue weighted by atomic mass is 16.5. The second kappa shape index (κ2) is 4.95. The zero-order valence-corrected chi connectivity index (χ0v) is 9.89. The lowest BCUT2D eigenvalue weighted by Gasteiger charge is -2.24. The van der Waals surface area contributed by atoms with Gasteiger partial charge in [-0.05, 0) is 24.3 Å². The summed E-state index contributed by atoms with van der Waals surface area (Å²) in [4.78, 5) is 0. The van der Waals surface area contributed by atoms with Crippen molar-refractivity contribution < 1.29 is 4.74 Å². The maximum absolute atomic E-state index is 5.73. The van der Waals surface area contributed by atoms with Crippen LogP contribution in [0.2, 0.25) is 0 Å². The van der Waals surface area contributed by atoms with Gasteiger partial charge >= 0.3 is 0 Å². The number of nitrogens with zero attached hydrogens (tertiary/aromatic N) is 2. The molecule has 3 atom stereocenters. The van der Waals surface area contributed by atoms with Crippen LogP contribution in [0.4, 0.5) is 0 Å². The monoisotopic (exact) mass is 224 g/mol. The van der Waals surface area contributed by atoms with E-state index < -0.39 is 0 Å². The number of hydrazine groups is 1. The molecule has 0 aromatic carbocycles. The van der Waals surface area contributed by atoms with E-state index >= 15 is 0 Å². The third-order valence-electron chi connectivity index (χ3n) is 3.27. The van der Waals surface area contributed by atoms with Gasteiger partial charge in [0.1, 0.15) is 0 Å². The van der Waals surface area contributed by atoms with Crippen molar-refractivity contribution in [3.63, 3.8) is 0 Å². The molecule has 2 rings (SSSR count). The van der Waals surface area contributed by atoms with Crippen molar-refractivity contribution in [1.29, 1.82) is 0 Å². The van der Waals surface area contributed by atoms with Gasteiger partial charge in [0.25, 0.3) is 0 Å². The second-order valence-electron chi connectivity index (χ2n) is 4.60. The van der Waals surface area contributed by atoms with Crippen molar-refractivity contribution >= 4 is 0 Å². The summed E-state index contributed by atoms with van der Waals surface area (Å²) in [6.07, 6.45) is 6.09. The van der Waals surface area contributed by atoms with Crippen LogP contribution < -0.4 is 11.3 Å². The van der Waals surface area contributed by atoms with E-state index in [1.807, 2.05) is 24.1 Å². The first kappa shape index (κ1) is 11.6. The molecule has 1 saturated heterocycles. The standard InChI is InChI=1S/C11H20N4O/c1-8-3-4-16-11(8)10(14-12)5-9-6-13-15(2)7-9/h6-8,10-11,14H,3-5,12H2,1-2H3. The molecule has 1 aromatic rings. The fraction of sp³-hybridized carbons (Fsp3) is 0.727. The lowest BCUT2D eigenvalue weighted by Crippen LogP contribution is -2.47. The largest absolute Gasteiger partial charge is 0.376 e. The van der Waals surface area contributed by atoms with E-state index in [0.29, 0.717) is 5.92 Å². The van der Waals surface area contributed by atoms with Gasteiger partial charge < -0.3 is 4.74 Å². The zero-order valence-electron chi connectivity index (χ0n) is 9.89. The van der Waals surface area contributed by atoms with E-state index in [4.69, 9.17) is 10.6 Å². The Morgan fingerprint density at radius 3 is 3.06 bits per heavy atom. The summed E-state index contributed by atoms with van der Waals surface area (Å²) in [6, 6.07) is 0.168. The number of ether oxygens (including phenoxy) is 1. The van der Waals surface area contributed by atoms with Gasteiger partial charge in [0.05, 0.1) is 18.3 Å². The molecule has 0 bridgehead atoms. The summed E-state index contributed by atoms with van der Waals surface area (Å²) in [6.45, 7) is 3.06. The van der Waals surface area contributed by atoms with Gasteiger partial charge in [0.15, 0.2) is 0 Å². The average molecular weight is 224 g/mol. The molecule has 0 aliphatic carbocycles. The molecule has 3 N–H and O–H groups in total. The van der Waals surface area contributed by atoms with E-state index in [0.717, 1.165) is 19.4 Å². The van der Waals surface area contributed by atoms with Gasteiger partial charge in [-0.3, -0.25) is 16.0 Å². The van der Waals surface area contributed by atoms with E-state index in [1.54, 1.807) is 0 Å². The van der Waals surface area contributed by atoms with Gasteiger partial charge in [-0.15, -0.1) is 0 Å². The lowest BCUT2D eigenvalue weighted by atomic mass is 9.94. The van der Waals surface area contributed by atoms with Crippen LogP contribution in [0.25, 0.3) is 0 Å². The topological polar surface area (TPSA) is 65.1 Å².